The zero-order valence-corrected chi connectivity index (χ0v) is 12.5. The second-order valence-electron chi connectivity index (χ2n) is 4.54. The van der Waals surface area contributed by atoms with E-state index in [1.54, 1.807) is 18.2 Å². The number of nitrogens with one attached hydrogen (secondary N) is 2. The molecule has 0 aliphatic heterocycles. The van der Waals surface area contributed by atoms with Gasteiger partial charge in [0.1, 0.15) is 10.7 Å². The van der Waals surface area contributed by atoms with Gasteiger partial charge in [0.2, 0.25) is 0 Å². The highest BCUT2D eigenvalue weighted by atomic mass is 32.2. The van der Waals surface area contributed by atoms with Crippen LogP contribution in [0.1, 0.15) is 13.3 Å². The highest BCUT2D eigenvalue weighted by Gasteiger charge is 2.18. The van der Waals surface area contributed by atoms with Crippen molar-refractivity contribution >= 4 is 21.4 Å². The van der Waals surface area contributed by atoms with Gasteiger partial charge in [0, 0.05) is 12.2 Å². The van der Waals surface area contributed by atoms with E-state index in [2.05, 4.69) is 10.0 Å². The van der Waals surface area contributed by atoms with Gasteiger partial charge in [-0.25, -0.2) is 12.8 Å². The maximum absolute atomic E-state index is 12.9. The van der Waals surface area contributed by atoms with E-state index < -0.39 is 15.8 Å². The summed E-state index contributed by atoms with van der Waals surface area (Å²) < 4.78 is 40.2. The lowest BCUT2D eigenvalue weighted by molar-refractivity contribution is 0.601. The zero-order valence-electron chi connectivity index (χ0n) is 11.6. The first-order valence-corrected chi connectivity index (χ1v) is 8.12. The molecule has 21 heavy (non-hydrogen) atoms. The average Bonchev–Trinajstić information content (AvgIpc) is 2.47. The van der Waals surface area contributed by atoms with Crippen molar-refractivity contribution in [2.24, 2.45) is 0 Å². The molecule has 2 aromatic rings. The van der Waals surface area contributed by atoms with Crippen molar-refractivity contribution in [3.8, 4) is 0 Å². The van der Waals surface area contributed by atoms with Crippen molar-refractivity contribution in [1.82, 2.24) is 0 Å². The third kappa shape index (κ3) is 3.95. The lowest BCUT2D eigenvalue weighted by atomic mass is 10.3. The fourth-order valence-corrected chi connectivity index (χ4v) is 3.08. The molecule has 0 amide bonds. The molecule has 112 valence electrons. The highest BCUT2D eigenvalue weighted by molar-refractivity contribution is 7.92. The van der Waals surface area contributed by atoms with E-state index in [0.29, 0.717) is 17.9 Å². The third-order valence-electron chi connectivity index (χ3n) is 2.84. The molecule has 4 nitrogen and oxygen atoms in total. The Morgan fingerprint density at radius 3 is 2.38 bits per heavy atom. The predicted octanol–water partition coefficient (Wildman–Crippen LogP) is 3.45. The van der Waals surface area contributed by atoms with E-state index in [-0.39, 0.29) is 4.90 Å². The van der Waals surface area contributed by atoms with E-state index in [9.17, 15) is 12.8 Å². The molecule has 0 aliphatic rings. The van der Waals surface area contributed by atoms with Gasteiger partial charge in [0.15, 0.2) is 0 Å². The van der Waals surface area contributed by atoms with Crippen LogP contribution in [0.3, 0.4) is 0 Å². The van der Waals surface area contributed by atoms with Crippen LogP contribution in [-0.4, -0.2) is 15.0 Å². The summed E-state index contributed by atoms with van der Waals surface area (Å²) in [5.41, 5.74) is 0.871. The fraction of sp³-hybridized carbons (Fsp3) is 0.200. The Labute approximate surface area is 124 Å². The summed E-state index contributed by atoms with van der Waals surface area (Å²) in [6, 6.07) is 11.9. The Morgan fingerprint density at radius 2 is 1.71 bits per heavy atom. The van der Waals surface area contributed by atoms with Crippen LogP contribution in [0.2, 0.25) is 0 Å². The van der Waals surface area contributed by atoms with Crippen molar-refractivity contribution in [2.45, 2.75) is 18.2 Å². The Morgan fingerprint density at radius 1 is 1.05 bits per heavy atom. The Balaban J connectivity index is 2.29. The molecule has 2 rings (SSSR count). The first kappa shape index (κ1) is 15.3. The quantitative estimate of drug-likeness (QED) is 0.859. The van der Waals surface area contributed by atoms with Crippen LogP contribution in [0, 0.1) is 5.82 Å². The summed E-state index contributed by atoms with van der Waals surface area (Å²) >= 11 is 0. The largest absolute Gasteiger partial charge is 0.384 e. The van der Waals surface area contributed by atoms with E-state index >= 15 is 0 Å². The first-order valence-electron chi connectivity index (χ1n) is 6.64. The van der Waals surface area contributed by atoms with Crippen LogP contribution < -0.4 is 10.0 Å². The standard InChI is InChI=1S/C15H17FN2O2S/c1-2-11-17-14-5-3-4-6-15(14)21(19,20)18-13-9-7-12(16)8-10-13/h3-10,17-18H,2,11H2,1H3. The molecule has 0 heterocycles. The minimum absolute atomic E-state index is 0.169. The van der Waals surface area contributed by atoms with Gasteiger partial charge >= 0.3 is 0 Å². The second-order valence-corrected chi connectivity index (χ2v) is 6.19. The average molecular weight is 308 g/mol. The molecular weight excluding hydrogens is 291 g/mol. The van der Waals surface area contributed by atoms with Crippen LogP contribution in [0.15, 0.2) is 53.4 Å². The zero-order chi connectivity index (χ0) is 15.3. The normalized spacial score (nSPS) is 11.1. The van der Waals surface area contributed by atoms with Crippen molar-refractivity contribution in [3.63, 3.8) is 0 Å². The number of hydrogen-bond acceptors (Lipinski definition) is 3. The minimum atomic E-state index is -3.72. The molecule has 0 unspecified atom stereocenters. The topological polar surface area (TPSA) is 58.2 Å². The molecule has 2 N–H and O–H groups in total. The molecule has 0 saturated carbocycles. The first-order chi connectivity index (χ1) is 10.0. The molecule has 0 fully saturated rings. The molecule has 0 atom stereocenters. The molecule has 0 aliphatic carbocycles. The van der Waals surface area contributed by atoms with Crippen LogP contribution in [0.4, 0.5) is 15.8 Å². The number of anilines is 2. The van der Waals surface area contributed by atoms with Gasteiger partial charge in [-0.3, -0.25) is 4.72 Å². The summed E-state index contributed by atoms with van der Waals surface area (Å²) in [7, 11) is -3.72. The SMILES string of the molecule is CCCNc1ccccc1S(=O)(=O)Nc1ccc(F)cc1. The van der Waals surface area contributed by atoms with Crippen LogP contribution >= 0.6 is 0 Å². The van der Waals surface area contributed by atoms with E-state index in [1.165, 1.54) is 30.3 Å². The summed E-state index contributed by atoms with van der Waals surface area (Å²) in [5, 5.41) is 3.08. The lowest BCUT2D eigenvalue weighted by Crippen LogP contribution is -2.15. The number of halogens is 1. The van der Waals surface area contributed by atoms with Crippen molar-refractivity contribution in [1.29, 1.82) is 0 Å². The van der Waals surface area contributed by atoms with Gasteiger partial charge in [-0.15, -0.1) is 0 Å². The molecular formula is C15H17FN2O2S. The maximum Gasteiger partial charge on any atom is 0.263 e. The smallest absolute Gasteiger partial charge is 0.263 e. The molecule has 0 spiro atoms. The van der Waals surface area contributed by atoms with Gasteiger partial charge in [0.05, 0.1) is 5.69 Å². The van der Waals surface area contributed by atoms with Gasteiger partial charge in [-0.2, -0.15) is 0 Å². The predicted molar refractivity (Wildman–Crippen MR) is 82.4 cm³/mol. The van der Waals surface area contributed by atoms with Crippen molar-refractivity contribution in [2.75, 3.05) is 16.6 Å². The Hall–Kier alpha value is -2.08. The number of hydrogen-bond donors (Lipinski definition) is 2. The summed E-state index contributed by atoms with van der Waals surface area (Å²) in [4.78, 5) is 0.169. The van der Waals surface area contributed by atoms with Crippen LogP contribution in [0.5, 0.6) is 0 Å². The lowest BCUT2D eigenvalue weighted by Gasteiger charge is -2.13. The molecule has 2 aromatic carbocycles. The van der Waals surface area contributed by atoms with E-state index in [4.69, 9.17) is 0 Å². The molecule has 0 radical (unpaired) electrons. The van der Waals surface area contributed by atoms with E-state index in [0.717, 1.165) is 6.42 Å². The third-order valence-corrected chi connectivity index (χ3v) is 4.28. The van der Waals surface area contributed by atoms with Gasteiger partial charge < -0.3 is 5.32 Å². The number of rotatable bonds is 6. The molecule has 6 heteroatoms. The van der Waals surface area contributed by atoms with Crippen molar-refractivity contribution < 1.29 is 12.8 Å². The highest BCUT2D eigenvalue weighted by Crippen LogP contribution is 2.23. The summed E-state index contributed by atoms with van der Waals surface area (Å²) in [6.45, 7) is 2.68. The van der Waals surface area contributed by atoms with Crippen LogP contribution in [0.25, 0.3) is 0 Å². The van der Waals surface area contributed by atoms with Gasteiger partial charge in [-0.05, 0) is 42.8 Å². The summed E-state index contributed by atoms with van der Waals surface area (Å²) in [6.07, 6.45) is 0.889. The maximum atomic E-state index is 12.9. The molecule has 0 bridgehead atoms. The minimum Gasteiger partial charge on any atom is -0.384 e. The fourth-order valence-electron chi connectivity index (χ4n) is 1.83. The number of sulfonamides is 1. The summed E-state index contributed by atoms with van der Waals surface area (Å²) in [5.74, 6) is -0.414. The number of benzene rings is 2. The van der Waals surface area contributed by atoms with Gasteiger partial charge in [-0.1, -0.05) is 19.1 Å². The number of para-hydroxylation sites is 1. The van der Waals surface area contributed by atoms with Crippen molar-refractivity contribution in [3.05, 3.63) is 54.3 Å². The van der Waals surface area contributed by atoms with Crippen LogP contribution in [-0.2, 0) is 10.0 Å². The van der Waals surface area contributed by atoms with Gasteiger partial charge in [0.25, 0.3) is 10.0 Å². The monoisotopic (exact) mass is 308 g/mol. The second kappa shape index (κ2) is 6.58. The Bertz CT molecular complexity index is 700. The van der Waals surface area contributed by atoms with E-state index in [1.807, 2.05) is 6.92 Å². The molecule has 0 aromatic heterocycles. The molecule has 0 saturated heterocycles. The Kier molecular flexibility index (Phi) is 4.80.